The van der Waals surface area contributed by atoms with Crippen LogP contribution in [0, 0.1) is 0 Å². The first-order valence-electron chi connectivity index (χ1n) is 9.50. The van der Waals surface area contributed by atoms with Crippen molar-refractivity contribution < 1.29 is 25.6 Å². The second-order valence-electron chi connectivity index (χ2n) is 6.62. The minimum atomic E-state index is -1.80. The van der Waals surface area contributed by atoms with Crippen LogP contribution in [-0.2, 0) is 15.0 Å². The fraction of sp³-hybridized carbons (Fsp3) is 0.409. The summed E-state index contributed by atoms with van der Waals surface area (Å²) in [6.45, 7) is 4.16. The quantitative estimate of drug-likeness (QED) is 0.383. The molecule has 0 aliphatic rings. The highest BCUT2D eigenvalue weighted by molar-refractivity contribution is 6.60. The van der Waals surface area contributed by atoms with Gasteiger partial charge < -0.3 is 20.8 Å². The Balaban J connectivity index is 0.00000364. The number of benzene rings is 2. The van der Waals surface area contributed by atoms with E-state index in [2.05, 4.69) is 6.92 Å². The second kappa shape index (κ2) is 13.1. The molecule has 0 saturated carbocycles. The number of esters is 1. The van der Waals surface area contributed by atoms with Gasteiger partial charge in [-0.15, -0.1) is 0 Å². The van der Waals surface area contributed by atoms with E-state index in [0.717, 1.165) is 37.6 Å². The lowest BCUT2D eigenvalue weighted by Gasteiger charge is -2.29. The van der Waals surface area contributed by atoms with Gasteiger partial charge in [-0.2, -0.15) is 0 Å². The third-order valence-corrected chi connectivity index (χ3v) is 4.56. The summed E-state index contributed by atoms with van der Waals surface area (Å²) in [6, 6.07) is 18.4. The van der Waals surface area contributed by atoms with Crippen molar-refractivity contribution in [2.45, 2.75) is 57.6 Å². The van der Waals surface area contributed by atoms with Crippen molar-refractivity contribution in [2.75, 3.05) is 0 Å². The molecule has 0 spiro atoms. The van der Waals surface area contributed by atoms with E-state index in [-0.39, 0.29) is 17.1 Å². The van der Waals surface area contributed by atoms with Crippen LogP contribution in [0.3, 0.4) is 0 Å². The molecule has 0 fully saturated rings. The Hall–Kier alpha value is -2.15. The highest BCUT2D eigenvalue weighted by Crippen LogP contribution is 2.24. The summed E-state index contributed by atoms with van der Waals surface area (Å²) in [5, 5.41) is 11.3. The highest BCUT2D eigenvalue weighted by Gasteiger charge is 2.41. The normalized spacial score (nSPS) is 13.2. The molecular weight excluding hydrogens is 355 g/mol. The third-order valence-electron chi connectivity index (χ3n) is 4.56. The second-order valence-corrected chi connectivity index (χ2v) is 6.62. The Morgan fingerprint density at radius 1 is 1.00 bits per heavy atom. The van der Waals surface area contributed by atoms with Crippen molar-refractivity contribution in [1.82, 2.24) is 0 Å². The number of aliphatic hydroxyl groups is 1. The van der Waals surface area contributed by atoms with Gasteiger partial charge in [-0.1, -0.05) is 92.8 Å². The zero-order chi connectivity index (χ0) is 18.8. The Morgan fingerprint density at radius 2 is 1.57 bits per heavy atom. The van der Waals surface area contributed by atoms with Gasteiger partial charge in [-0.25, -0.2) is 4.79 Å². The first kappa shape index (κ1) is 25.9. The molecule has 5 N–H and O–H groups in total. The van der Waals surface area contributed by atoms with Gasteiger partial charge in [0.2, 0.25) is 7.28 Å². The molecule has 1 radical (unpaired) electrons. The van der Waals surface area contributed by atoms with E-state index in [4.69, 9.17) is 4.74 Å². The van der Waals surface area contributed by atoms with Crippen LogP contribution in [0.1, 0.15) is 51.5 Å². The van der Waals surface area contributed by atoms with E-state index in [1.165, 1.54) is 0 Å². The lowest BCUT2D eigenvalue weighted by Crippen LogP contribution is -2.48. The summed E-state index contributed by atoms with van der Waals surface area (Å²) in [5.41, 5.74) is -0.520. The monoisotopic (exact) mass is 387 g/mol. The minimum absolute atomic E-state index is 0. The Labute approximate surface area is 168 Å². The van der Waals surface area contributed by atoms with Gasteiger partial charge in [0, 0.05) is 0 Å². The van der Waals surface area contributed by atoms with Crippen LogP contribution in [0.15, 0.2) is 60.7 Å². The number of hydrogen-bond acceptors (Lipinski definition) is 3. The molecule has 2 aromatic carbocycles. The fourth-order valence-electron chi connectivity index (χ4n) is 2.95. The smallest absolute Gasteiger partial charge is 0.334 e. The van der Waals surface area contributed by atoms with Crippen LogP contribution in [-0.4, -0.2) is 35.4 Å². The van der Waals surface area contributed by atoms with E-state index in [0.29, 0.717) is 5.56 Å². The molecule has 6 heteroatoms. The van der Waals surface area contributed by atoms with Crippen LogP contribution in [0.2, 0.25) is 0 Å². The molecule has 0 aliphatic carbocycles. The number of hydrogen-bond donors (Lipinski definition) is 1. The maximum atomic E-state index is 13.0. The topological polar surface area (TPSA) is 110 Å². The molecule has 0 aromatic heterocycles. The molecule has 1 unspecified atom stereocenters. The molecule has 0 bridgehead atoms. The van der Waals surface area contributed by atoms with Gasteiger partial charge >= 0.3 is 5.97 Å². The number of ether oxygens (including phenoxy) is 1. The summed E-state index contributed by atoms with van der Waals surface area (Å²) in [5.74, 6) is -0.615. The molecule has 0 amide bonds. The van der Waals surface area contributed by atoms with E-state index < -0.39 is 11.5 Å². The zero-order valence-corrected chi connectivity index (χ0v) is 16.7. The maximum Gasteiger partial charge on any atom is 0.334 e. The number of unbranched alkanes of at least 4 members (excludes halogenated alkanes) is 2. The first-order valence-corrected chi connectivity index (χ1v) is 9.50. The lowest BCUT2D eigenvalue weighted by molar-refractivity contribution is -0.164. The standard InChI is InChI=1S/C22H28BO3.2H2O/c1-3-5-8-17-20(4-2)26-21(24)22(25,18-13-9-6-10-14-18)23-19-15-11-7-12-16-19;;/h6-7,9-16,20,25H,3-5,8,17H2,1-2H3;2*1H2/t20?,22-;;/m0../s1. The molecule has 2 aromatic rings. The predicted octanol–water partition coefficient (Wildman–Crippen LogP) is 2.11. The molecule has 5 nitrogen and oxygen atoms in total. The van der Waals surface area contributed by atoms with Crippen LogP contribution in [0.5, 0.6) is 0 Å². The van der Waals surface area contributed by atoms with Gasteiger partial charge in [0.1, 0.15) is 6.10 Å². The summed E-state index contributed by atoms with van der Waals surface area (Å²) >= 11 is 0. The van der Waals surface area contributed by atoms with Crippen LogP contribution in [0.25, 0.3) is 0 Å². The van der Waals surface area contributed by atoms with Gasteiger partial charge in [-0.3, -0.25) is 0 Å². The maximum absolute atomic E-state index is 13.0. The van der Waals surface area contributed by atoms with Gasteiger partial charge in [0.25, 0.3) is 0 Å². The van der Waals surface area contributed by atoms with Crippen LogP contribution >= 0.6 is 0 Å². The fourth-order valence-corrected chi connectivity index (χ4v) is 2.95. The summed E-state index contributed by atoms with van der Waals surface area (Å²) < 4.78 is 5.72. The van der Waals surface area contributed by atoms with Crippen LogP contribution in [0.4, 0.5) is 0 Å². The Bertz CT molecular complexity index is 665. The Morgan fingerprint density at radius 3 is 2.11 bits per heavy atom. The van der Waals surface area contributed by atoms with Crippen molar-refractivity contribution >= 4 is 18.7 Å². The molecule has 2 rings (SSSR count). The van der Waals surface area contributed by atoms with Crippen LogP contribution < -0.4 is 5.46 Å². The predicted molar refractivity (Wildman–Crippen MR) is 114 cm³/mol. The molecule has 0 aliphatic heterocycles. The van der Waals surface area contributed by atoms with E-state index in [9.17, 15) is 9.90 Å². The van der Waals surface area contributed by atoms with E-state index in [1.54, 1.807) is 19.4 Å². The first-order chi connectivity index (χ1) is 12.6. The van der Waals surface area contributed by atoms with E-state index >= 15 is 0 Å². The van der Waals surface area contributed by atoms with Crippen molar-refractivity contribution in [3.05, 3.63) is 66.2 Å². The third kappa shape index (κ3) is 7.11. The molecule has 153 valence electrons. The number of carbonyl (C=O) groups excluding carboxylic acids is 1. The average Bonchev–Trinajstić information content (AvgIpc) is 2.68. The summed E-state index contributed by atoms with van der Waals surface area (Å²) in [4.78, 5) is 13.0. The Kier molecular flexibility index (Phi) is 12.1. The summed E-state index contributed by atoms with van der Waals surface area (Å²) in [7, 11) is 1.57. The molecule has 0 saturated heterocycles. The molecular formula is C22H32BO5. The minimum Gasteiger partial charge on any atom is -0.461 e. The molecule has 2 atom stereocenters. The SMILES string of the molecule is CCCCCC(CC)OC(=O)[C@](O)([B]c1ccccc1)c1ccccc1.O.O. The molecule has 28 heavy (non-hydrogen) atoms. The number of carbonyl (C=O) groups is 1. The van der Waals surface area contributed by atoms with Crippen molar-refractivity contribution in [3.63, 3.8) is 0 Å². The van der Waals surface area contributed by atoms with Crippen molar-refractivity contribution in [3.8, 4) is 0 Å². The average molecular weight is 387 g/mol. The van der Waals surface area contributed by atoms with Gasteiger partial charge in [0.15, 0.2) is 5.50 Å². The zero-order valence-electron chi connectivity index (χ0n) is 16.7. The van der Waals surface area contributed by atoms with Crippen molar-refractivity contribution in [2.24, 2.45) is 0 Å². The van der Waals surface area contributed by atoms with E-state index in [1.807, 2.05) is 55.5 Å². The highest BCUT2D eigenvalue weighted by atomic mass is 16.6. The summed E-state index contributed by atoms with van der Waals surface area (Å²) in [6.07, 6.45) is 4.66. The largest absolute Gasteiger partial charge is 0.461 e. The number of rotatable bonds is 10. The lowest BCUT2D eigenvalue weighted by atomic mass is 9.53. The van der Waals surface area contributed by atoms with Crippen molar-refractivity contribution in [1.29, 1.82) is 0 Å². The molecule has 0 heterocycles. The van der Waals surface area contributed by atoms with Gasteiger partial charge in [-0.05, 0) is 24.8 Å². The van der Waals surface area contributed by atoms with Gasteiger partial charge in [0.05, 0.1) is 0 Å².